The summed E-state index contributed by atoms with van der Waals surface area (Å²) in [7, 11) is -3.85. The van der Waals surface area contributed by atoms with Crippen molar-refractivity contribution in [1.82, 2.24) is 5.32 Å². The van der Waals surface area contributed by atoms with Crippen molar-refractivity contribution < 1.29 is 18.1 Å². The van der Waals surface area contributed by atoms with Crippen LogP contribution in [-0.4, -0.2) is 38.1 Å². The Morgan fingerprint density at radius 2 is 1.90 bits per heavy atom. The van der Waals surface area contributed by atoms with Crippen LogP contribution < -0.4 is 9.62 Å². The lowest BCUT2D eigenvalue weighted by Gasteiger charge is -2.30. The molecule has 0 fully saturated rings. The summed E-state index contributed by atoms with van der Waals surface area (Å²) in [4.78, 5) is 23.2. The van der Waals surface area contributed by atoms with Gasteiger partial charge in [0, 0.05) is 18.7 Å². The number of nitro benzene ring substituents is 1. The van der Waals surface area contributed by atoms with Crippen LogP contribution >= 0.6 is 0 Å². The molecule has 8 nitrogen and oxygen atoms in total. The molecule has 9 heteroatoms. The second-order valence-electron chi connectivity index (χ2n) is 7.14. The molecule has 0 aromatic heterocycles. The minimum Gasteiger partial charge on any atom is -0.354 e. The standard InChI is InChI=1S/C21H27N3O5S/c1-4-20(21(25)22-13-7-10-17-9-5-8-16(2)14-17)23(30(3,28)29)18-11-6-12-19(15-18)24(26)27/h5-6,8-9,11-12,14-15,20H,4,7,10,13H2,1-3H3,(H,22,25). The van der Waals surface area contributed by atoms with Crippen LogP contribution in [0.25, 0.3) is 0 Å². The van der Waals surface area contributed by atoms with Crippen molar-refractivity contribution in [3.8, 4) is 0 Å². The molecule has 0 aliphatic rings. The molecule has 2 aromatic rings. The van der Waals surface area contributed by atoms with Crippen molar-refractivity contribution in [2.24, 2.45) is 0 Å². The highest BCUT2D eigenvalue weighted by atomic mass is 32.2. The topological polar surface area (TPSA) is 110 Å². The summed E-state index contributed by atoms with van der Waals surface area (Å²) in [6.45, 7) is 4.12. The van der Waals surface area contributed by atoms with Gasteiger partial charge < -0.3 is 5.32 Å². The molecule has 0 saturated carbocycles. The molecule has 0 radical (unpaired) electrons. The van der Waals surface area contributed by atoms with Crippen molar-refractivity contribution >= 4 is 27.3 Å². The smallest absolute Gasteiger partial charge is 0.271 e. The van der Waals surface area contributed by atoms with Crippen molar-refractivity contribution in [1.29, 1.82) is 0 Å². The fourth-order valence-electron chi connectivity index (χ4n) is 3.29. The Labute approximate surface area is 177 Å². The van der Waals surface area contributed by atoms with E-state index >= 15 is 0 Å². The van der Waals surface area contributed by atoms with Crippen molar-refractivity contribution in [2.75, 3.05) is 17.1 Å². The van der Waals surface area contributed by atoms with E-state index in [1.807, 2.05) is 25.1 Å². The van der Waals surface area contributed by atoms with Crippen molar-refractivity contribution in [2.45, 2.75) is 39.2 Å². The number of hydrogen-bond donors (Lipinski definition) is 1. The molecule has 0 aliphatic carbocycles. The Balaban J connectivity index is 2.12. The minimum absolute atomic E-state index is 0.0912. The molecule has 1 atom stereocenters. The number of rotatable bonds is 10. The van der Waals surface area contributed by atoms with Crippen LogP contribution in [0, 0.1) is 17.0 Å². The third kappa shape index (κ3) is 6.28. The van der Waals surface area contributed by atoms with Crippen LogP contribution in [0.3, 0.4) is 0 Å². The molecular formula is C21H27N3O5S. The van der Waals surface area contributed by atoms with Crippen LogP contribution in [-0.2, 0) is 21.2 Å². The summed E-state index contributed by atoms with van der Waals surface area (Å²) in [5.41, 5.74) is 2.19. The molecule has 2 aromatic carbocycles. The monoisotopic (exact) mass is 433 g/mol. The number of amides is 1. The van der Waals surface area contributed by atoms with Gasteiger partial charge in [-0.2, -0.15) is 0 Å². The van der Waals surface area contributed by atoms with Crippen LogP contribution in [0.15, 0.2) is 48.5 Å². The van der Waals surface area contributed by atoms with E-state index in [2.05, 4.69) is 11.4 Å². The number of nitro groups is 1. The Morgan fingerprint density at radius 3 is 2.50 bits per heavy atom. The first-order chi connectivity index (χ1) is 14.1. The van der Waals surface area contributed by atoms with Gasteiger partial charge in [-0.1, -0.05) is 42.8 Å². The molecule has 162 valence electrons. The Kier molecular flexibility index (Phi) is 7.93. The fourth-order valence-corrected chi connectivity index (χ4v) is 4.50. The number of non-ortho nitro benzene ring substituents is 1. The molecular weight excluding hydrogens is 406 g/mol. The Bertz CT molecular complexity index is 1010. The number of carbonyl (C=O) groups excluding carboxylic acids is 1. The molecule has 30 heavy (non-hydrogen) atoms. The van der Waals surface area contributed by atoms with Crippen LogP contribution in [0.4, 0.5) is 11.4 Å². The molecule has 0 bridgehead atoms. The summed E-state index contributed by atoms with van der Waals surface area (Å²) >= 11 is 0. The predicted octanol–water partition coefficient (Wildman–Crippen LogP) is 3.20. The van der Waals surface area contributed by atoms with Gasteiger partial charge in [0.15, 0.2) is 0 Å². The zero-order valence-electron chi connectivity index (χ0n) is 17.4. The summed E-state index contributed by atoms with van der Waals surface area (Å²) in [6.07, 6.45) is 2.71. The maximum Gasteiger partial charge on any atom is 0.271 e. The number of nitrogens with one attached hydrogen (secondary N) is 1. The highest BCUT2D eigenvalue weighted by Crippen LogP contribution is 2.26. The molecule has 0 aliphatic heterocycles. The predicted molar refractivity (Wildman–Crippen MR) is 117 cm³/mol. The number of aryl methyl sites for hydroxylation is 2. The number of hydrogen-bond acceptors (Lipinski definition) is 5. The number of benzene rings is 2. The largest absolute Gasteiger partial charge is 0.354 e. The first-order valence-electron chi connectivity index (χ1n) is 9.70. The number of anilines is 1. The van der Waals surface area contributed by atoms with E-state index in [0.717, 1.165) is 23.0 Å². The molecule has 0 heterocycles. The molecule has 1 N–H and O–H groups in total. The van der Waals surface area contributed by atoms with Crippen LogP contribution in [0.5, 0.6) is 0 Å². The van der Waals surface area contributed by atoms with Gasteiger partial charge in [0.2, 0.25) is 15.9 Å². The quantitative estimate of drug-likeness (QED) is 0.351. The van der Waals surface area contributed by atoms with E-state index in [0.29, 0.717) is 13.0 Å². The van der Waals surface area contributed by atoms with Crippen LogP contribution in [0.2, 0.25) is 0 Å². The highest BCUT2D eigenvalue weighted by Gasteiger charge is 2.32. The highest BCUT2D eigenvalue weighted by molar-refractivity contribution is 7.92. The lowest BCUT2D eigenvalue weighted by atomic mass is 10.1. The molecule has 1 unspecified atom stereocenters. The van der Waals surface area contributed by atoms with E-state index in [1.54, 1.807) is 6.92 Å². The van der Waals surface area contributed by atoms with Crippen LogP contribution in [0.1, 0.15) is 30.9 Å². The second kappa shape index (κ2) is 10.2. The molecule has 0 saturated heterocycles. The lowest BCUT2D eigenvalue weighted by Crippen LogP contribution is -2.49. The second-order valence-corrected chi connectivity index (χ2v) is 9.00. The first-order valence-corrected chi connectivity index (χ1v) is 11.6. The van der Waals surface area contributed by atoms with Gasteiger partial charge in [0.1, 0.15) is 6.04 Å². The summed E-state index contributed by atoms with van der Waals surface area (Å²) < 4.78 is 25.8. The van der Waals surface area contributed by atoms with E-state index in [-0.39, 0.29) is 17.8 Å². The summed E-state index contributed by atoms with van der Waals surface area (Å²) in [5.74, 6) is -0.432. The van der Waals surface area contributed by atoms with Gasteiger partial charge in [0.05, 0.1) is 16.9 Å². The molecule has 0 spiro atoms. The third-order valence-electron chi connectivity index (χ3n) is 4.65. The van der Waals surface area contributed by atoms with E-state index < -0.39 is 26.9 Å². The maximum atomic E-state index is 12.8. The van der Waals surface area contributed by atoms with Crippen molar-refractivity contribution in [3.05, 3.63) is 69.8 Å². The van der Waals surface area contributed by atoms with Gasteiger partial charge >= 0.3 is 0 Å². The van der Waals surface area contributed by atoms with E-state index in [1.165, 1.54) is 29.3 Å². The fraction of sp³-hybridized carbons (Fsp3) is 0.381. The SMILES string of the molecule is CCC(C(=O)NCCCc1cccc(C)c1)N(c1cccc([N+](=O)[O-])c1)S(C)(=O)=O. The first kappa shape index (κ1) is 23.3. The zero-order valence-corrected chi connectivity index (χ0v) is 18.2. The van der Waals surface area contributed by atoms with E-state index in [9.17, 15) is 23.3 Å². The van der Waals surface area contributed by atoms with Gasteiger partial charge in [-0.3, -0.25) is 19.2 Å². The van der Waals surface area contributed by atoms with E-state index in [4.69, 9.17) is 0 Å². The average Bonchev–Trinajstić information content (AvgIpc) is 2.68. The summed E-state index contributed by atoms with van der Waals surface area (Å²) in [6, 6.07) is 12.4. The number of sulfonamides is 1. The van der Waals surface area contributed by atoms with Gasteiger partial charge in [0.25, 0.3) is 5.69 Å². The lowest BCUT2D eigenvalue weighted by molar-refractivity contribution is -0.384. The van der Waals surface area contributed by atoms with Gasteiger partial charge in [-0.15, -0.1) is 0 Å². The Hall–Kier alpha value is -2.94. The average molecular weight is 434 g/mol. The van der Waals surface area contributed by atoms with Crippen molar-refractivity contribution in [3.63, 3.8) is 0 Å². The maximum absolute atomic E-state index is 12.8. The summed E-state index contributed by atoms with van der Waals surface area (Å²) in [5, 5.41) is 13.9. The third-order valence-corrected chi connectivity index (χ3v) is 5.83. The zero-order chi connectivity index (χ0) is 22.3. The normalized spacial score (nSPS) is 12.2. The van der Waals surface area contributed by atoms with Gasteiger partial charge in [-0.05, 0) is 37.8 Å². The molecule has 2 rings (SSSR count). The number of nitrogens with zero attached hydrogens (tertiary/aromatic N) is 2. The Morgan fingerprint density at radius 1 is 1.20 bits per heavy atom. The van der Waals surface area contributed by atoms with Gasteiger partial charge in [-0.25, -0.2) is 8.42 Å². The minimum atomic E-state index is -3.85. The number of carbonyl (C=O) groups is 1. The molecule has 1 amide bonds.